The molecular weight excluding hydrogens is 262 g/mol. The van der Waals surface area contributed by atoms with Gasteiger partial charge in [0, 0.05) is 24.1 Å². The molecule has 1 amide bonds. The molecule has 2 rings (SSSR count). The molecule has 1 atom stereocenters. The van der Waals surface area contributed by atoms with Gasteiger partial charge >= 0.3 is 0 Å². The molecule has 1 fully saturated rings. The van der Waals surface area contributed by atoms with E-state index in [-0.39, 0.29) is 12.5 Å². The number of aliphatic hydroxyl groups is 1. The Hall–Kier alpha value is -1.79. The van der Waals surface area contributed by atoms with Gasteiger partial charge in [0.2, 0.25) is 0 Å². The highest BCUT2D eigenvalue weighted by Crippen LogP contribution is 2.36. The lowest BCUT2D eigenvalue weighted by Crippen LogP contribution is -2.29. The van der Waals surface area contributed by atoms with E-state index in [1.54, 1.807) is 0 Å². The van der Waals surface area contributed by atoms with Gasteiger partial charge in [-0.15, -0.1) is 0 Å². The molecule has 1 aromatic rings. The molecule has 21 heavy (non-hydrogen) atoms. The molecular formula is C18H23NO2. The summed E-state index contributed by atoms with van der Waals surface area (Å²) in [4.78, 5) is 12.2. The first-order valence-corrected chi connectivity index (χ1v) is 7.60. The number of rotatable bonds is 5. The second-order valence-corrected chi connectivity index (χ2v) is 5.83. The highest BCUT2D eigenvalue weighted by molar-refractivity contribution is 5.94. The molecule has 1 unspecified atom stereocenters. The van der Waals surface area contributed by atoms with Gasteiger partial charge in [0.1, 0.15) is 0 Å². The van der Waals surface area contributed by atoms with Crippen LogP contribution in [0, 0.1) is 30.6 Å². The predicted octanol–water partition coefficient (Wildman–Crippen LogP) is 2.50. The topological polar surface area (TPSA) is 49.3 Å². The van der Waals surface area contributed by atoms with Crippen LogP contribution < -0.4 is 5.32 Å². The number of nitrogens with one attached hydrogen (secondary N) is 1. The largest absolute Gasteiger partial charge is 0.395 e. The van der Waals surface area contributed by atoms with Gasteiger partial charge in [0.15, 0.2) is 0 Å². The van der Waals surface area contributed by atoms with Crippen LogP contribution in [-0.4, -0.2) is 24.2 Å². The van der Waals surface area contributed by atoms with Gasteiger partial charge in [0.25, 0.3) is 5.91 Å². The Balaban J connectivity index is 2.00. The van der Waals surface area contributed by atoms with E-state index < -0.39 is 0 Å². The van der Waals surface area contributed by atoms with Crippen LogP contribution >= 0.6 is 0 Å². The van der Waals surface area contributed by atoms with Crippen molar-refractivity contribution in [1.82, 2.24) is 5.32 Å². The van der Waals surface area contributed by atoms with Gasteiger partial charge < -0.3 is 10.4 Å². The Morgan fingerprint density at radius 3 is 2.90 bits per heavy atom. The van der Waals surface area contributed by atoms with E-state index in [0.29, 0.717) is 17.9 Å². The van der Waals surface area contributed by atoms with Crippen LogP contribution in [0.5, 0.6) is 0 Å². The first-order valence-electron chi connectivity index (χ1n) is 7.60. The second-order valence-electron chi connectivity index (χ2n) is 5.83. The zero-order valence-electron chi connectivity index (χ0n) is 12.8. The van der Waals surface area contributed by atoms with E-state index in [1.165, 1.54) is 12.8 Å². The Bertz CT molecular complexity index is 564. The normalized spacial score (nSPS) is 15.0. The third-order valence-corrected chi connectivity index (χ3v) is 3.97. The van der Waals surface area contributed by atoms with Crippen LogP contribution in [0.1, 0.15) is 47.7 Å². The van der Waals surface area contributed by atoms with Gasteiger partial charge in [-0.2, -0.15) is 0 Å². The predicted molar refractivity (Wildman–Crippen MR) is 84.0 cm³/mol. The lowest BCUT2D eigenvalue weighted by atomic mass is 10.0. The maximum absolute atomic E-state index is 12.2. The summed E-state index contributed by atoms with van der Waals surface area (Å²) >= 11 is 0. The lowest BCUT2D eigenvalue weighted by molar-refractivity contribution is 0.0946. The zero-order chi connectivity index (χ0) is 15.2. The minimum atomic E-state index is -0.0345. The Morgan fingerprint density at radius 1 is 1.48 bits per heavy atom. The van der Waals surface area contributed by atoms with Crippen molar-refractivity contribution in [2.45, 2.75) is 33.1 Å². The van der Waals surface area contributed by atoms with Crippen molar-refractivity contribution in [3.63, 3.8) is 0 Å². The number of amides is 1. The summed E-state index contributed by atoms with van der Waals surface area (Å²) in [6.07, 6.45) is 3.05. The molecule has 1 aliphatic carbocycles. The fourth-order valence-electron chi connectivity index (χ4n) is 2.30. The van der Waals surface area contributed by atoms with Crippen molar-refractivity contribution < 1.29 is 9.90 Å². The summed E-state index contributed by atoms with van der Waals surface area (Å²) < 4.78 is 0. The summed E-state index contributed by atoms with van der Waals surface area (Å²) in [5, 5.41) is 11.8. The van der Waals surface area contributed by atoms with E-state index in [1.807, 2.05) is 25.1 Å². The molecule has 1 aromatic carbocycles. The number of hydrogen-bond acceptors (Lipinski definition) is 2. The van der Waals surface area contributed by atoms with Crippen molar-refractivity contribution in [3.05, 3.63) is 34.9 Å². The third kappa shape index (κ3) is 4.61. The van der Waals surface area contributed by atoms with E-state index in [4.69, 9.17) is 5.11 Å². The molecule has 2 N–H and O–H groups in total. The molecule has 1 saturated carbocycles. The van der Waals surface area contributed by atoms with Crippen molar-refractivity contribution in [1.29, 1.82) is 0 Å². The van der Waals surface area contributed by atoms with Gasteiger partial charge in [-0.3, -0.25) is 4.79 Å². The van der Waals surface area contributed by atoms with E-state index in [0.717, 1.165) is 23.6 Å². The van der Waals surface area contributed by atoms with Crippen molar-refractivity contribution in [2.75, 3.05) is 13.2 Å². The maximum atomic E-state index is 12.2. The number of carbonyl (C=O) groups excluding carboxylic acids is 1. The SMILES string of the molecule is Cc1ccc(C(=O)NCC(C)C2CC2)cc1C#CCCO. The molecule has 0 aromatic heterocycles. The molecule has 0 heterocycles. The quantitative estimate of drug-likeness (QED) is 0.817. The van der Waals surface area contributed by atoms with Gasteiger partial charge in [-0.05, 0) is 49.3 Å². The maximum Gasteiger partial charge on any atom is 0.251 e. The standard InChI is InChI=1S/C18H23NO2/c1-13-6-7-17(11-16(13)5-3-4-10-20)18(21)19-12-14(2)15-8-9-15/h6-7,11,14-15,20H,4,8-10,12H2,1-2H3,(H,19,21). The fraction of sp³-hybridized carbons (Fsp3) is 0.500. The van der Waals surface area contributed by atoms with Crippen molar-refractivity contribution >= 4 is 5.91 Å². The highest BCUT2D eigenvalue weighted by atomic mass is 16.2. The van der Waals surface area contributed by atoms with Gasteiger partial charge in [0.05, 0.1) is 6.61 Å². The van der Waals surface area contributed by atoms with Crippen LogP contribution in [0.15, 0.2) is 18.2 Å². The summed E-state index contributed by atoms with van der Waals surface area (Å²) in [6.45, 7) is 4.97. The first kappa shape index (κ1) is 15.6. The smallest absolute Gasteiger partial charge is 0.251 e. The Labute approximate surface area is 126 Å². The third-order valence-electron chi connectivity index (χ3n) is 3.97. The molecule has 0 bridgehead atoms. The molecule has 112 valence electrons. The minimum absolute atomic E-state index is 0.0345. The van der Waals surface area contributed by atoms with Crippen LogP contribution in [0.2, 0.25) is 0 Å². The first-order chi connectivity index (χ1) is 10.1. The fourth-order valence-corrected chi connectivity index (χ4v) is 2.30. The van der Waals surface area contributed by atoms with E-state index >= 15 is 0 Å². The average molecular weight is 285 g/mol. The number of carbonyl (C=O) groups is 1. The molecule has 3 nitrogen and oxygen atoms in total. The van der Waals surface area contributed by atoms with Crippen LogP contribution in [-0.2, 0) is 0 Å². The minimum Gasteiger partial charge on any atom is -0.395 e. The molecule has 0 aliphatic heterocycles. The Kier molecular flexibility index (Phi) is 5.41. The van der Waals surface area contributed by atoms with Crippen LogP contribution in [0.3, 0.4) is 0 Å². The molecule has 0 radical (unpaired) electrons. The molecule has 0 spiro atoms. The van der Waals surface area contributed by atoms with Crippen molar-refractivity contribution in [3.8, 4) is 11.8 Å². The number of benzene rings is 1. The zero-order valence-corrected chi connectivity index (χ0v) is 12.8. The second kappa shape index (κ2) is 7.28. The molecule has 1 aliphatic rings. The summed E-state index contributed by atoms with van der Waals surface area (Å²) in [5.41, 5.74) is 2.55. The monoisotopic (exact) mass is 285 g/mol. The highest BCUT2D eigenvalue weighted by Gasteiger charge is 2.27. The average Bonchev–Trinajstić information content (AvgIpc) is 3.31. The summed E-state index contributed by atoms with van der Waals surface area (Å²) in [7, 11) is 0. The number of aryl methyl sites for hydroxylation is 1. The van der Waals surface area contributed by atoms with Crippen LogP contribution in [0.4, 0.5) is 0 Å². The van der Waals surface area contributed by atoms with Gasteiger partial charge in [-0.25, -0.2) is 0 Å². The summed E-state index contributed by atoms with van der Waals surface area (Å²) in [5.74, 6) is 7.23. The van der Waals surface area contributed by atoms with Crippen LogP contribution in [0.25, 0.3) is 0 Å². The summed E-state index contributed by atoms with van der Waals surface area (Å²) in [6, 6.07) is 5.59. The van der Waals surface area contributed by atoms with Crippen molar-refractivity contribution in [2.24, 2.45) is 11.8 Å². The molecule has 3 heteroatoms. The number of hydrogen-bond donors (Lipinski definition) is 2. The lowest BCUT2D eigenvalue weighted by Gasteiger charge is -2.12. The van der Waals surface area contributed by atoms with Gasteiger partial charge in [-0.1, -0.05) is 24.8 Å². The molecule has 0 saturated heterocycles. The Morgan fingerprint density at radius 2 is 2.24 bits per heavy atom. The van der Waals surface area contributed by atoms with E-state index in [9.17, 15) is 4.79 Å². The van der Waals surface area contributed by atoms with E-state index in [2.05, 4.69) is 24.1 Å². The number of aliphatic hydroxyl groups excluding tert-OH is 1.